The normalized spacial score (nSPS) is 22.2. The number of nitrogens with zero attached hydrogens (tertiary/aromatic N) is 5. The van der Waals surface area contributed by atoms with Gasteiger partial charge in [0.05, 0.1) is 17.3 Å². The molecule has 2 aromatic heterocycles. The molecular weight excluding hydrogens is 410 g/mol. The lowest BCUT2D eigenvalue weighted by Crippen LogP contribution is -2.49. The maximum Gasteiger partial charge on any atom is 0.256 e. The first-order valence-electron chi connectivity index (χ1n) is 10.2. The summed E-state index contributed by atoms with van der Waals surface area (Å²) >= 11 is 1.34. The first-order chi connectivity index (χ1) is 13.8. The summed E-state index contributed by atoms with van der Waals surface area (Å²) < 4.78 is 25.9. The van der Waals surface area contributed by atoms with E-state index in [1.165, 1.54) is 18.2 Å². The fourth-order valence-electron chi connectivity index (χ4n) is 4.55. The third-order valence-electron chi connectivity index (χ3n) is 5.85. The number of hydrogen-bond acceptors (Lipinski definition) is 7. The fourth-order valence-corrected chi connectivity index (χ4v) is 7.12. The zero-order chi connectivity index (χ0) is 20.6. The molecule has 0 aromatic carbocycles. The van der Waals surface area contributed by atoms with Crippen molar-refractivity contribution < 1.29 is 13.2 Å². The number of aryl methyl sites for hydroxylation is 2. The third-order valence-corrected chi connectivity index (χ3v) is 8.51. The SMILES string of the molecule is Cc1cc(C)n2c(SCC(=O)N(C3CCCCC3)[C@H]3CCS(=O)(=O)C3)nnc2n1. The highest BCUT2D eigenvalue weighted by molar-refractivity contribution is 7.99. The largest absolute Gasteiger partial charge is 0.335 e. The molecule has 1 aliphatic heterocycles. The molecule has 3 heterocycles. The highest BCUT2D eigenvalue weighted by Crippen LogP contribution is 2.30. The Bertz CT molecular complexity index is 1010. The van der Waals surface area contributed by atoms with Crippen LogP contribution in [-0.2, 0) is 14.6 Å². The van der Waals surface area contributed by atoms with Crippen molar-refractivity contribution in [3.05, 3.63) is 17.5 Å². The van der Waals surface area contributed by atoms with Crippen LogP contribution in [0, 0.1) is 13.8 Å². The lowest BCUT2D eigenvalue weighted by Gasteiger charge is -2.38. The van der Waals surface area contributed by atoms with Crippen LogP contribution in [-0.4, -0.2) is 68.1 Å². The summed E-state index contributed by atoms with van der Waals surface area (Å²) in [5.74, 6) is 1.03. The Labute approximate surface area is 175 Å². The molecule has 4 rings (SSSR count). The number of carbonyl (C=O) groups is 1. The van der Waals surface area contributed by atoms with Crippen LogP contribution >= 0.6 is 11.8 Å². The Morgan fingerprint density at radius 2 is 1.93 bits per heavy atom. The minimum Gasteiger partial charge on any atom is -0.335 e. The Kier molecular flexibility index (Phi) is 5.83. The van der Waals surface area contributed by atoms with Gasteiger partial charge in [-0.05, 0) is 39.2 Å². The van der Waals surface area contributed by atoms with Crippen LogP contribution in [0.25, 0.3) is 5.78 Å². The molecule has 0 unspecified atom stereocenters. The Hall–Kier alpha value is -1.68. The van der Waals surface area contributed by atoms with Crippen molar-refractivity contribution in [1.82, 2.24) is 24.5 Å². The van der Waals surface area contributed by atoms with Gasteiger partial charge in [0.2, 0.25) is 5.91 Å². The molecule has 1 saturated heterocycles. The Balaban J connectivity index is 1.52. The quantitative estimate of drug-likeness (QED) is 0.661. The summed E-state index contributed by atoms with van der Waals surface area (Å²) in [5.41, 5.74) is 1.85. The highest BCUT2D eigenvalue weighted by Gasteiger charge is 2.38. The number of thioether (sulfide) groups is 1. The van der Waals surface area contributed by atoms with E-state index in [-0.39, 0.29) is 35.2 Å². The third kappa shape index (κ3) is 4.42. The number of rotatable bonds is 5. The number of hydrogen-bond donors (Lipinski definition) is 0. The maximum absolute atomic E-state index is 13.2. The highest BCUT2D eigenvalue weighted by atomic mass is 32.2. The number of amides is 1. The fraction of sp³-hybridized carbons (Fsp3) is 0.684. The lowest BCUT2D eigenvalue weighted by molar-refractivity contribution is -0.133. The Morgan fingerprint density at radius 3 is 2.62 bits per heavy atom. The molecule has 0 spiro atoms. The van der Waals surface area contributed by atoms with Crippen LogP contribution in [0.2, 0.25) is 0 Å². The zero-order valence-electron chi connectivity index (χ0n) is 16.9. The predicted octanol–water partition coefficient (Wildman–Crippen LogP) is 2.18. The van der Waals surface area contributed by atoms with Crippen LogP contribution in [0.1, 0.15) is 49.9 Å². The number of sulfone groups is 1. The van der Waals surface area contributed by atoms with Crippen LogP contribution < -0.4 is 0 Å². The minimum atomic E-state index is -3.04. The molecule has 29 heavy (non-hydrogen) atoms. The molecule has 1 aliphatic carbocycles. The van der Waals surface area contributed by atoms with Gasteiger partial charge in [0.1, 0.15) is 0 Å². The van der Waals surface area contributed by atoms with E-state index >= 15 is 0 Å². The van der Waals surface area contributed by atoms with Crippen molar-refractivity contribution in [2.24, 2.45) is 0 Å². The molecule has 1 saturated carbocycles. The lowest BCUT2D eigenvalue weighted by atomic mass is 9.93. The Morgan fingerprint density at radius 1 is 1.17 bits per heavy atom. The maximum atomic E-state index is 13.2. The summed E-state index contributed by atoms with van der Waals surface area (Å²) in [4.78, 5) is 19.5. The molecule has 10 heteroatoms. The van der Waals surface area contributed by atoms with Gasteiger partial charge in [-0.3, -0.25) is 9.20 Å². The van der Waals surface area contributed by atoms with E-state index in [2.05, 4.69) is 15.2 Å². The van der Waals surface area contributed by atoms with E-state index < -0.39 is 9.84 Å². The van der Waals surface area contributed by atoms with Crippen molar-refractivity contribution in [2.45, 2.75) is 69.6 Å². The van der Waals surface area contributed by atoms with Gasteiger partial charge in [-0.25, -0.2) is 13.4 Å². The van der Waals surface area contributed by atoms with E-state index in [4.69, 9.17) is 0 Å². The molecule has 1 amide bonds. The van der Waals surface area contributed by atoms with Crippen LogP contribution in [0.3, 0.4) is 0 Å². The van der Waals surface area contributed by atoms with E-state index in [9.17, 15) is 13.2 Å². The number of fused-ring (bicyclic) bond motifs is 1. The summed E-state index contributed by atoms with van der Waals surface area (Å²) in [5, 5.41) is 8.97. The monoisotopic (exact) mass is 437 g/mol. The van der Waals surface area contributed by atoms with Crippen molar-refractivity contribution >= 4 is 33.3 Å². The van der Waals surface area contributed by atoms with Gasteiger partial charge in [0.25, 0.3) is 5.78 Å². The van der Waals surface area contributed by atoms with Crippen molar-refractivity contribution in [3.63, 3.8) is 0 Å². The molecule has 0 N–H and O–H groups in total. The second kappa shape index (κ2) is 8.22. The van der Waals surface area contributed by atoms with Crippen molar-refractivity contribution in [2.75, 3.05) is 17.3 Å². The van der Waals surface area contributed by atoms with E-state index in [0.717, 1.165) is 37.1 Å². The van der Waals surface area contributed by atoms with E-state index in [1.54, 1.807) is 0 Å². The molecule has 8 nitrogen and oxygen atoms in total. The van der Waals surface area contributed by atoms with Gasteiger partial charge in [0, 0.05) is 23.5 Å². The summed E-state index contributed by atoms with van der Waals surface area (Å²) in [6, 6.07) is 1.91. The van der Waals surface area contributed by atoms with E-state index in [1.807, 2.05) is 29.2 Å². The van der Waals surface area contributed by atoms with Crippen molar-refractivity contribution in [1.29, 1.82) is 0 Å². The molecule has 1 atom stereocenters. The van der Waals surface area contributed by atoms with Gasteiger partial charge < -0.3 is 4.90 Å². The molecule has 0 bridgehead atoms. The average molecular weight is 438 g/mol. The summed E-state index contributed by atoms with van der Waals surface area (Å²) in [6.07, 6.45) is 5.85. The second-order valence-electron chi connectivity index (χ2n) is 8.10. The van der Waals surface area contributed by atoms with Crippen molar-refractivity contribution in [3.8, 4) is 0 Å². The molecule has 2 aliphatic rings. The average Bonchev–Trinajstić information content (AvgIpc) is 3.24. The molecule has 158 valence electrons. The van der Waals surface area contributed by atoms with Gasteiger partial charge >= 0.3 is 0 Å². The van der Waals surface area contributed by atoms with Crippen LogP contribution in [0.4, 0.5) is 0 Å². The van der Waals surface area contributed by atoms with Gasteiger partial charge in [-0.2, -0.15) is 0 Å². The summed E-state index contributed by atoms with van der Waals surface area (Å²) in [6.45, 7) is 3.88. The molecule has 2 fully saturated rings. The molecule has 2 aromatic rings. The van der Waals surface area contributed by atoms with Gasteiger partial charge in [-0.1, -0.05) is 31.0 Å². The first kappa shape index (κ1) is 20.6. The predicted molar refractivity (Wildman–Crippen MR) is 112 cm³/mol. The van der Waals surface area contributed by atoms with Crippen LogP contribution in [0.15, 0.2) is 11.2 Å². The van der Waals surface area contributed by atoms with Gasteiger partial charge in [-0.15, -0.1) is 10.2 Å². The zero-order valence-corrected chi connectivity index (χ0v) is 18.5. The van der Waals surface area contributed by atoms with Crippen LogP contribution in [0.5, 0.6) is 0 Å². The number of carbonyl (C=O) groups excluding carboxylic acids is 1. The second-order valence-corrected chi connectivity index (χ2v) is 11.3. The topological polar surface area (TPSA) is 97.5 Å². The minimum absolute atomic E-state index is 0.00141. The molecular formula is C19H27N5O3S2. The first-order valence-corrected chi connectivity index (χ1v) is 13.0. The molecule has 0 radical (unpaired) electrons. The smallest absolute Gasteiger partial charge is 0.256 e. The number of aromatic nitrogens is 4. The standard InChI is InChI=1S/C19H27N5O3S2/c1-13-10-14(2)23-18(20-13)21-22-19(23)28-11-17(25)24(15-6-4-3-5-7-15)16-8-9-29(26,27)12-16/h10,15-16H,3-9,11-12H2,1-2H3/t16-/m0/s1. The summed E-state index contributed by atoms with van der Waals surface area (Å²) in [7, 11) is -3.04. The van der Waals surface area contributed by atoms with E-state index in [0.29, 0.717) is 17.4 Å². The van der Waals surface area contributed by atoms with Gasteiger partial charge in [0.15, 0.2) is 15.0 Å².